The molecule has 0 radical (unpaired) electrons. The van der Waals surface area contributed by atoms with Gasteiger partial charge in [-0.25, -0.2) is 8.42 Å². The van der Waals surface area contributed by atoms with E-state index in [1.165, 1.54) is 0 Å². The lowest BCUT2D eigenvalue weighted by Crippen LogP contribution is -2.46. The smallest absolute Gasteiger partial charge is 0.235 e. The predicted octanol–water partition coefficient (Wildman–Crippen LogP) is 0.321. The first-order valence-electron chi connectivity index (χ1n) is 3.71. The van der Waals surface area contributed by atoms with Crippen LogP contribution in [0.15, 0.2) is 0 Å². The van der Waals surface area contributed by atoms with Gasteiger partial charge < -0.3 is 5.32 Å². The van der Waals surface area contributed by atoms with E-state index in [-0.39, 0.29) is 0 Å². The largest absolute Gasteiger partial charge is 0.350 e. The van der Waals surface area contributed by atoms with Crippen molar-refractivity contribution in [3.8, 4) is 0 Å². The molecule has 4 nitrogen and oxygen atoms in total. The molecule has 13 heavy (non-hydrogen) atoms. The number of halogens is 1. The van der Waals surface area contributed by atoms with Crippen LogP contribution < -0.4 is 5.32 Å². The van der Waals surface area contributed by atoms with Crippen molar-refractivity contribution in [1.82, 2.24) is 5.32 Å². The lowest BCUT2D eigenvalue weighted by Gasteiger charge is -2.23. The Hall–Kier alpha value is -0.100. The second-order valence-corrected chi connectivity index (χ2v) is 6.34. The first kappa shape index (κ1) is 12.9. The summed E-state index contributed by atoms with van der Waals surface area (Å²) in [5, 5.41) is 3.18. The molecular formula is C7H14BrNO3S. The summed E-state index contributed by atoms with van der Waals surface area (Å²) in [5.41, 5.74) is -0.415. The molecule has 0 spiro atoms. The number of hydrogen-bond acceptors (Lipinski definition) is 3. The molecule has 0 atom stereocenters. The Balaban J connectivity index is 4.19. The van der Waals surface area contributed by atoms with Crippen LogP contribution in [0.4, 0.5) is 0 Å². The monoisotopic (exact) mass is 271 g/mol. The highest BCUT2D eigenvalue weighted by molar-refractivity contribution is 9.09. The molecule has 0 rings (SSSR count). The molecule has 6 heteroatoms. The molecule has 1 N–H and O–H groups in total. The predicted molar refractivity (Wildman–Crippen MR) is 55.7 cm³/mol. The minimum absolute atomic E-state index is 0.415. The van der Waals surface area contributed by atoms with Gasteiger partial charge in [-0.05, 0) is 13.8 Å². The molecule has 78 valence electrons. The lowest BCUT2D eigenvalue weighted by molar-refractivity contribution is -0.119. The molecule has 0 aromatic heterocycles. The van der Waals surface area contributed by atoms with Crippen LogP contribution in [0.5, 0.6) is 0 Å². The van der Waals surface area contributed by atoms with Gasteiger partial charge in [0.25, 0.3) is 0 Å². The van der Waals surface area contributed by atoms with Crippen LogP contribution in [0.2, 0.25) is 0 Å². The van der Waals surface area contributed by atoms with Gasteiger partial charge in [0.05, 0.1) is 0 Å². The van der Waals surface area contributed by atoms with Crippen molar-refractivity contribution < 1.29 is 13.2 Å². The minimum Gasteiger partial charge on any atom is -0.350 e. The van der Waals surface area contributed by atoms with Crippen LogP contribution in [0, 0.1) is 0 Å². The van der Waals surface area contributed by atoms with Gasteiger partial charge in [0.15, 0.2) is 9.84 Å². The number of amides is 1. The molecular weight excluding hydrogens is 258 g/mol. The fourth-order valence-corrected chi connectivity index (χ4v) is 1.37. The summed E-state index contributed by atoms with van der Waals surface area (Å²) in [4.78, 5) is 11.1. The van der Waals surface area contributed by atoms with Crippen molar-refractivity contribution in [1.29, 1.82) is 0 Å². The highest BCUT2D eigenvalue weighted by Gasteiger charge is 2.20. The highest BCUT2D eigenvalue weighted by atomic mass is 79.9. The Morgan fingerprint density at radius 3 is 2.23 bits per heavy atom. The third-order valence-corrected chi connectivity index (χ3v) is 3.39. The van der Waals surface area contributed by atoms with E-state index in [2.05, 4.69) is 21.2 Å². The van der Waals surface area contributed by atoms with Crippen LogP contribution in [-0.2, 0) is 14.6 Å². The number of hydrogen-bond donors (Lipinski definition) is 1. The van der Waals surface area contributed by atoms with Gasteiger partial charge >= 0.3 is 0 Å². The number of carbonyl (C=O) groups is 1. The zero-order valence-electron chi connectivity index (χ0n) is 7.93. The summed E-state index contributed by atoms with van der Waals surface area (Å²) in [6.07, 6.45) is 1.04. The topological polar surface area (TPSA) is 63.2 Å². The zero-order valence-corrected chi connectivity index (χ0v) is 10.3. The average Bonchev–Trinajstić information content (AvgIpc) is 1.81. The summed E-state index contributed by atoms with van der Waals surface area (Å²) in [7, 11) is -3.23. The van der Waals surface area contributed by atoms with E-state index >= 15 is 0 Å². The fourth-order valence-electron chi connectivity index (χ4n) is 0.685. The third-order valence-electron chi connectivity index (χ3n) is 1.21. The number of sulfone groups is 1. The Morgan fingerprint density at radius 2 is 1.92 bits per heavy atom. The third kappa shape index (κ3) is 7.01. The second kappa shape index (κ2) is 4.41. The molecule has 0 aliphatic carbocycles. The van der Waals surface area contributed by atoms with E-state index in [1.807, 2.05) is 13.8 Å². The van der Waals surface area contributed by atoms with Crippen molar-refractivity contribution in [3.63, 3.8) is 0 Å². The summed E-state index contributed by atoms with van der Waals surface area (Å²) < 4.78 is 21.5. The van der Waals surface area contributed by atoms with Crippen molar-refractivity contribution in [3.05, 3.63) is 0 Å². The Morgan fingerprint density at radius 1 is 1.46 bits per heavy atom. The van der Waals surface area contributed by atoms with Gasteiger partial charge in [-0.1, -0.05) is 15.9 Å². The average molecular weight is 272 g/mol. The van der Waals surface area contributed by atoms with Crippen molar-refractivity contribution in [2.45, 2.75) is 19.4 Å². The molecule has 0 heterocycles. The Kier molecular flexibility index (Phi) is 4.38. The maximum atomic E-state index is 11.1. The molecule has 0 aliphatic rings. The normalized spacial score (nSPS) is 12.6. The fraction of sp³-hybridized carbons (Fsp3) is 0.857. The molecule has 0 saturated heterocycles. The Labute approximate surface area is 87.1 Å². The van der Waals surface area contributed by atoms with Crippen LogP contribution in [0.25, 0.3) is 0 Å². The number of alkyl halides is 1. The Bertz CT molecular complexity index is 284. The van der Waals surface area contributed by atoms with Crippen molar-refractivity contribution in [2.75, 3.05) is 17.3 Å². The summed E-state index contributed by atoms with van der Waals surface area (Å²) in [5.74, 6) is -0.921. The van der Waals surface area contributed by atoms with E-state index in [4.69, 9.17) is 0 Å². The molecule has 0 fully saturated rings. The van der Waals surface area contributed by atoms with Crippen LogP contribution in [0.1, 0.15) is 13.8 Å². The molecule has 0 unspecified atom stereocenters. The lowest BCUT2D eigenvalue weighted by atomic mass is 10.1. The van der Waals surface area contributed by atoms with Crippen LogP contribution in [0.3, 0.4) is 0 Å². The zero-order chi connectivity index (χ0) is 10.7. The number of nitrogens with one attached hydrogen (secondary N) is 1. The van der Waals surface area contributed by atoms with E-state index in [9.17, 15) is 13.2 Å². The van der Waals surface area contributed by atoms with E-state index in [0.29, 0.717) is 5.33 Å². The molecule has 0 aliphatic heterocycles. The van der Waals surface area contributed by atoms with E-state index in [1.54, 1.807) is 0 Å². The first-order chi connectivity index (χ1) is 5.66. The van der Waals surface area contributed by atoms with Gasteiger partial charge in [0.2, 0.25) is 5.91 Å². The second-order valence-electron chi connectivity index (χ2n) is 3.64. The minimum atomic E-state index is -3.23. The summed E-state index contributed by atoms with van der Waals surface area (Å²) in [6, 6.07) is 0. The summed E-state index contributed by atoms with van der Waals surface area (Å²) in [6.45, 7) is 3.61. The maximum Gasteiger partial charge on any atom is 0.235 e. The van der Waals surface area contributed by atoms with Crippen LogP contribution in [-0.4, -0.2) is 37.2 Å². The van der Waals surface area contributed by atoms with Gasteiger partial charge in [0.1, 0.15) is 5.75 Å². The standard InChI is InChI=1S/C7H14BrNO3S/c1-7(2,5-8)9-6(10)4-13(3,11)12/h4-5H2,1-3H3,(H,9,10). The molecule has 0 bridgehead atoms. The SMILES string of the molecule is CC(C)(CBr)NC(=O)CS(C)(=O)=O. The van der Waals surface area contributed by atoms with Crippen LogP contribution >= 0.6 is 15.9 Å². The van der Waals surface area contributed by atoms with Crippen molar-refractivity contribution >= 4 is 31.7 Å². The maximum absolute atomic E-state index is 11.1. The number of rotatable bonds is 4. The van der Waals surface area contributed by atoms with E-state index in [0.717, 1.165) is 6.26 Å². The number of carbonyl (C=O) groups excluding carboxylic acids is 1. The summed E-state index contributed by atoms with van der Waals surface area (Å²) >= 11 is 3.21. The quantitative estimate of drug-likeness (QED) is 0.750. The van der Waals surface area contributed by atoms with Gasteiger partial charge in [0, 0.05) is 17.1 Å². The molecule has 0 aromatic carbocycles. The molecule has 0 aromatic rings. The van der Waals surface area contributed by atoms with Gasteiger partial charge in [-0.2, -0.15) is 0 Å². The van der Waals surface area contributed by atoms with E-state index < -0.39 is 27.0 Å². The van der Waals surface area contributed by atoms with Gasteiger partial charge in [-0.15, -0.1) is 0 Å². The van der Waals surface area contributed by atoms with Gasteiger partial charge in [-0.3, -0.25) is 4.79 Å². The molecule has 1 amide bonds. The molecule has 0 saturated carbocycles. The van der Waals surface area contributed by atoms with Crippen molar-refractivity contribution in [2.24, 2.45) is 0 Å². The first-order valence-corrected chi connectivity index (χ1v) is 6.89. The highest BCUT2D eigenvalue weighted by Crippen LogP contribution is 2.05.